The predicted molar refractivity (Wildman–Crippen MR) is 55.6 cm³/mol. The van der Waals surface area contributed by atoms with Gasteiger partial charge in [0.1, 0.15) is 6.73 Å². The van der Waals surface area contributed by atoms with Crippen LogP contribution in [0.4, 0.5) is 0 Å². The van der Waals surface area contributed by atoms with Gasteiger partial charge >= 0.3 is 17.1 Å². The molecule has 0 saturated carbocycles. The van der Waals surface area contributed by atoms with Gasteiger partial charge in [0.15, 0.2) is 0 Å². The fourth-order valence-corrected chi connectivity index (χ4v) is 1.39. The minimum Gasteiger partial charge on any atom is -0.395 e. The van der Waals surface area contributed by atoms with E-state index < -0.39 is 37.0 Å². The second-order valence-electron chi connectivity index (χ2n) is 3.17. The van der Waals surface area contributed by atoms with E-state index in [1.54, 1.807) is 0 Å². The summed E-state index contributed by atoms with van der Waals surface area (Å²) in [7, 11) is 0. The fraction of sp³-hybridized carbons (Fsp3) is 0.625. The van der Waals surface area contributed by atoms with Gasteiger partial charge in [0.25, 0.3) is 0 Å². The fourth-order valence-electron chi connectivity index (χ4n) is 1.39. The maximum Gasteiger partial charge on any atom is 0.338 e. The van der Waals surface area contributed by atoms with Crippen LogP contribution in [-0.4, -0.2) is 42.2 Å². The zero-order chi connectivity index (χ0) is 13.0. The molecule has 0 unspecified atom stereocenters. The third-order valence-electron chi connectivity index (χ3n) is 2.17. The molecule has 0 aliphatic heterocycles. The van der Waals surface area contributed by atoms with Crippen LogP contribution in [-0.2, 0) is 19.8 Å². The van der Waals surface area contributed by atoms with Gasteiger partial charge in [-0.2, -0.15) is 0 Å². The summed E-state index contributed by atoms with van der Waals surface area (Å²) in [6.45, 7) is -2.38. The molecule has 96 valence electrons. The summed E-state index contributed by atoms with van der Waals surface area (Å²) < 4.78 is 1.67. The van der Waals surface area contributed by atoms with Gasteiger partial charge in [0.05, 0.1) is 26.3 Å². The van der Waals surface area contributed by atoms with Crippen LogP contribution in [0.1, 0.15) is 0 Å². The Morgan fingerprint density at radius 2 is 1.06 bits per heavy atom. The number of aromatic nitrogens is 3. The van der Waals surface area contributed by atoms with Crippen molar-refractivity contribution in [2.45, 2.75) is 19.8 Å². The van der Waals surface area contributed by atoms with Crippen LogP contribution < -0.4 is 17.1 Å². The molecular formula is C8H13N3O6. The van der Waals surface area contributed by atoms with Crippen LogP contribution in [0.5, 0.6) is 0 Å². The molecule has 0 radical (unpaired) electrons. The normalized spacial score (nSPS) is 10.8. The van der Waals surface area contributed by atoms with E-state index in [-0.39, 0.29) is 13.1 Å². The van der Waals surface area contributed by atoms with E-state index >= 15 is 0 Å². The first-order valence-electron chi connectivity index (χ1n) is 4.85. The average Bonchev–Trinajstić information content (AvgIpc) is 2.31. The molecule has 0 amide bonds. The van der Waals surface area contributed by atoms with Crippen LogP contribution in [0.25, 0.3) is 0 Å². The average molecular weight is 247 g/mol. The molecule has 0 aliphatic carbocycles. The van der Waals surface area contributed by atoms with Crippen LogP contribution in [0.15, 0.2) is 14.4 Å². The van der Waals surface area contributed by atoms with Crippen LogP contribution >= 0.6 is 0 Å². The maximum absolute atomic E-state index is 11.7. The molecule has 0 spiro atoms. The van der Waals surface area contributed by atoms with Crippen molar-refractivity contribution in [1.82, 2.24) is 13.7 Å². The van der Waals surface area contributed by atoms with E-state index in [1.165, 1.54) is 0 Å². The summed E-state index contributed by atoms with van der Waals surface area (Å²) in [6.07, 6.45) is 0. The topological polar surface area (TPSA) is 127 Å². The Kier molecular flexibility index (Phi) is 4.37. The largest absolute Gasteiger partial charge is 0.395 e. The van der Waals surface area contributed by atoms with Crippen molar-refractivity contribution in [3.05, 3.63) is 31.5 Å². The molecule has 1 aromatic rings. The molecule has 0 bridgehead atoms. The van der Waals surface area contributed by atoms with Gasteiger partial charge in [0.2, 0.25) is 0 Å². The summed E-state index contributed by atoms with van der Waals surface area (Å²) in [6, 6.07) is 0. The summed E-state index contributed by atoms with van der Waals surface area (Å²) in [5.41, 5.74) is -2.91. The Labute approximate surface area is 94.4 Å². The molecule has 0 aliphatic rings. The lowest BCUT2D eigenvalue weighted by Crippen LogP contribution is -2.55. The lowest BCUT2D eigenvalue weighted by molar-refractivity contribution is 0.182. The Bertz CT molecular complexity index is 510. The summed E-state index contributed by atoms with van der Waals surface area (Å²) in [5.74, 6) is 0. The summed E-state index contributed by atoms with van der Waals surface area (Å²) in [4.78, 5) is 34.8. The lowest BCUT2D eigenvalue weighted by Gasteiger charge is -2.10. The molecule has 9 nitrogen and oxygen atoms in total. The highest BCUT2D eigenvalue weighted by atomic mass is 16.3. The lowest BCUT2D eigenvalue weighted by atomic mass is 10.6. The van der Waals surface area contributed by atoms with Gasteiger partial charge in [-0.1, -0.05) is 0 Å². The zero-order valence-corrected chi connectivity index (χ0v) is 8.94. The summed E-state index contributed by atoms with van der Waals surface area (Å²) in [5, 5.41) is 26.3. The first kappa shape index (κ1) is 13.4. The standard InChI is InChI=1S/C8H13N3O6/c12-3-1-9-6(15)10(2-4-13)8(17)11(5-14)7(9)16/h12-14H,1-5H2. The van der Waals surface area contributed by atoms with Gasteiger partial charge in [-0.05, 0) is 0 Å². The molecule has 1 rings (SSSR count). The molecule has 0 fully saturated rings. The predicted octanol–water partition coefficient (Wildman–Crippen LogP) is -3.89. The molecule has 0 aromatic carbocycles. The number of hydrogen-bond donors (Lipinski definition) is 3. The first-order valence-corrected chi connectivity index (χ1v) is 4.85. The molecule has 1 heterocycles. The molecule has 0 atom stereocenters. The Morgan fingerprint density at radius 3 is 1.35 bits per heavy atom. The van der Waals surface area contributed by atoms with Crippen molar-refractivity contribution in [2.75, 3.05) is 13.2 Å². The van der Waals surface area contributed by atoms with E-state index in [0.29, 0.717) is 13.7 Å². The Morgan fingerprint density at radius 1 is 0.706 bits per heavy atom. The highest BCUT2D eigenvalue weighted by molar-refractivity contribution is 4.78. The third-order valence-corrected chi connectivity index (χ3v) is 2.17. The highest BCUT2D eigenvalue weighted by Gasteiger charge is 2.13. The first-order chi connectivity index (χ1) is 8.08. The van der Waals surface area contributed by atoms with Crippen molar-refractivity contribution in [3.8, 4) is 0 Å². The highest BCUT2D eigenvalue weighted by Crippen LogP contribution is 1.75. The maximum atomic E-state index is 11.7. The quantitative estimate of drug-likeness (QED) is 0.488. The molecule has 17 heavy (non-hydrogen) atoms. The molecule has 1 aromatic heterocycles. The van der Waals surface area contributed by atoms with Crippen molar-refractivity contribution >= 4 is 0 Å². The minimum absolute atomic E-state index is 0.288. The van der Waals surface area contributed by atoms with E-state index in [2.05, 4.69) is 0 Å². The van der Waals surface area contributed by atoms with Gasteiger partial charge in [0, 0.05) is 0 Å². The van der Waals surface area contributed by atoms with Gasteiger partial charge in [-0.25, -0.2) is 28.1 Å². The van der Waals surface area contributed by atoms with E-state index in [9.17, 15) is 14.4 Å². The van der Waals surface area contributed by atoms with E-state index in [0.717, 1.165) is 0 Å². The smallest absolute Gasteiger partial charge is 0.338 e. The number of nitrogens with zero attached hydrogens (tertiary/aromatic N) is 3. The van der Waals surface area contributed by atoms with Crippen molar-refractivity contribution < 1.29 is 15.3 Å². The Hall–Kier alpha value is -1.71. The number of aliphatic hydroxyl groups is 3. The third kappa shape index (κ3) is 2.35. The SMILES string of the molecule is O=c1n(CO)c(=O)n(CCO)c(=O)n1CCO. The number of rotatable bonds is 5. The van der Waals surface area contributed by atoms with Crippen LogP contribution in [0.3, 0.4) is 0 Å². The van der Waals surface area contributed by atoms with Gasteiger partial charge < -0.3 is 15.3 Å². The van der Waals surface area contributed by atoms with Crippen molar-refractivity contribution in [1.29, 1.82) is 0 Å². The van der Waals surface area contributed by atoms with E-state index in [1.807, 2.05) is 0 Å². The molecule has 0 saturated heterocycles. The summed E-state index contributed by atoms with van der Waals surface area (Å²) >= 11 is 0. The molecule has 3 N–H and O–H groups in total. The van der Waals surface area contributed by atoms with Gasteiger partial charge in [-0.3, -0.25) is 0 Å². The Balaban J connectivity index is 3.64. The monoisotopic (exact) mass is 247 g/mol. The zero-order valence-electron chi connectivity index (χ0n) is 8.94. The number of hydrogen-bond acceptors (Lipinski definition) is 6. The molecular weight excluding hydrogens is 234 g/mol. The van der Waals surface area contributed by atoms with Crippen molar-refractivity contribution in [3.63, 3.8) is 0 Å². The van der Waals surface area contributed by atoms with Gasteiger partial charge in [-0.15, -0.1) is 0 Å². The van der Waals surface area contributed by atoms with Crippen LogP contribution in [0, 0.1) is 0 Å². The minimum atomic E-state index is -0.995. The van der Waals surface area contributed by atoms with Crippen LogP contribution in [0.2, 0.25) is 0 Å². The second-order valence-corrected chi connectivity index (χ2v) is 3.17. The van der Waals surface area contributed by atoms with Crippen molar-refractivity contribution in [2.24, 2.45) is 0 Å². The number of aliphatic hydroxyl groups excluding tert-OH is 3. The second kappa shape index (κ2) is 5.57. The van der Waals surface area contributed by atoms with E-state index in [4.69, 9.17) is 15.3 Å². The molecule has 9 heteroatoms.